The number of nitrogens with one attached hydrogen (secondary N) is 1. The van der Waals surface area contributed by atoms with Crippen LogP contribution < -0.4 is 10.1 Å². The van der Waals surface area contributed by atoms with Gasteiger partial charge in [0.25, 0.3) is 0 Å². The van der Waals surface area contributed by atoms with Gasteiger partial charge in [-0.05, 0) is 54.7 Å². The number of aromatic nitrogens is 1. The van der Waals surface area contributed by atoms with E-state index in [4.69, 9.17) is 4.74 Å². The molecule has 0 fully saturated rings. The van der Waals surface area contributed by atoms with Crippen LogP contribution in [-0.4, -0.2) is 28.1 Å². The van der Waals surface area contributed by atoms with Gasteiger partial charge in [-0.25, -0.2) is 0 Å². The summed E-state index contributed by atoms with van der Waals surface area (Å²) in [6, 6.07) is 25.3. The smallest absolute Gasteiger partial charge is 0.306 e. The van der Waals surface area contributed by atoms with Crippen LogP contribution in [0.3, 0.4) is 0 Å². The normalized spacial score (nSPS) is 12.7. The van der Waals surface area contributed by atoms with Crippen molar-refractivity contribution in [2.24, 2.45) is 5.92 Å². The van der Waals surface area contributed by atoms with Crippen molar-refractivity contribution in [3.63, 3.8) is 0 Å². The molecular formula is C30H32N2O4. The first-order chi connectivity index (χ1) is 17.4. The molecule has 1 amide bonds. The zero-order valence-corrected chi connectivity index (χ0v) is 20.7. The van der Waals surface area contributed by atoms with Crippen LogP contribution in [0.1, 0.15) is 36.6 Å². The second kappa shape index (κ2) is 11.6. The van der Waals surface area contributed by atoms with Gasteiger partial charge in [0.05, 0.1) is 5.92 Å². The summed E-state index contributed by atoms with van der Waals surface area (Å²) < 4.78 is 7.94. The van der Waals surface area contributed by atoms with Crippen LogP contribution in [0.5, 0.6) is 5.75 Å². The van der Waals surface area contributed by atoms with Crippen LogP contribution in [-0.2, 0) is 29.0 Å². The Bertz CT molecular complexity index is 1320. The first-order valence-electron chi connectivity index (χ1n) is 12.3. The summed E-state index contributed by atoms with van der Waals surface area (Å²) in [5.74, 6) is -0.773. The Morgan fingerprint density at radius 2 is 1.61 bits per heavy atom. The van der Waals surface area contributed by atoms with E-state index < -0.39 is 17.9 Å². The predicted molar refractivity (Wildman–Crippen MR) is 141 cm³/mol. The number of amides is 1. The summed E-state index contributed by atoms with van der Waals surface area (Å²) in [7, 11) is 0. The van der Waals surface area contributed by atoms with Gasteiger partial charge in [-0.15, -0.1) is 0 Å². The number of benzene rings is 3. The van der Waals surface area contributed by atoms with E-state index in [1.807, 2.05) is 96.6 Å². The zero-order valence-electron chi connectivity index (χ0n) is 20.7. The van der Waals surface area contributed by atoms with E-state index in [-0.39, 0.29) is 5.91 Å². The molecule has 0 spiro atoms. The fourth-order valence-electron chi connectivity index (χ4n) is 4.28. The zero-order chi connectivity index (χ0) is 25.5. The number of aliphatic carboxylic acids is 1. The summed E-state index contributed by atoms with van der Waals surface area (Å²) >= 11 is 0. The maximum Gasteiger partial charge on any atom is 0.306 e. The van der Waals surface area contributed by atoms with Gasteiger partial charge in [-0.3, -0.25) is 9.59 Å². The third-order valence-corrected chi connectivity index (χ3v) is 6.44. The van der Waals surface area contributed by atoms with E-state index in [0.29, 0.717) is 25.3 Å². The summed E-state index contributed by atoms with van der Waals surface area (Å²) in [6.45, 7) is 4.55. The average Bonchev–Trinajstić information content (AvgIpc) is 3.25. The van der Waals surface area contributed by atoms with Crippen LogP contribution in [0.25, 0.3) is 10.9 Å². The topological polar surface area (TPSA) is 80.6 Å². The molecule has 6 nitrogen and oxygen atoms in total. The van der Waals surface area contributed by atoms with Gasteiger partial charge in [-0.1, -0.05) is 67.6 Å². The lowest BCUT2D eigenvalue weighted by Crippen LogP contribution is -2.32. The lowest BCUT2D eigenvalue weighted by Gasteiger charge is -2.16. The largest absolute Gasteiger partial charge is 0.489 e. The van der Waals surface area contributed by atoms with Crippen LogP contribution in [0.4, 0.5) is 0 Å². The van der Waals surface area contributed by atoms with Crippen LogP contribution in [0.15, 0.2) is 85.1 Å². The molecule has 186 valence electrons. The molecule has 1 aromatic heterocycles. The Morgan fingerprint density at radius 1 is 0.944 bits per heavy atom. The quantitative estimate of drug-likeness (QED) is 0.299. The minimum Gasteiger partial charge on any atom is -0.489 e. The van der Waals surface area contributed by atoms with E-state index in [1.54, 1.807) is 6.92 Å². The summed E-state index contributed by atoms with van der Waals surface area (Å²) in [6.07, 6.45) is 3.03. The lowest BCUT2D eigenvalue weighted by atomic mass is 10.0. The molecule has 2 N–H and O–H groups in total. The molecule has 0 bridgehead atoms. The number of nitrogens with zero attached hydrogens (tertiary/aromatic N) is 1. The van der Waals surface area contributed by atoms with E-state index in [2.05, 4.69) is 5.32 Å². The van der Waals surface area contributed by atoms with E-state index >= 15 is 0 Å². The van der Waals surface area contributed by atoms with Crippen molar-refractivity contribution in [3.8, 4) is 5.75 Å². The van der Waals surface area contributed by atoms with Crippen molar-refractivity contribution in [3.05, 3.63) is 102 Å². The highest BCUT2D eigenvalue weighted by Gasteiger charge is 2.21. The number of carbonyl (C=O) groups excluding carboxylic acids is 1. The minimum atomic E-state index is -0.848. The number of carbonyl (C=O) groups is 2. The predicted octanol–water partition coefficient (Wildman–Crippen LogP) is 5.40. The Balaban J connectivity index is 1.54. The third kappa shape index (κ3) is 6.13. The van der Waals surface area contributed by atoms with Crippen molar-refractivity contribution in [2.45, 2.75) is 39.3 Å². The van der Waals surface area contributed by atoms with Gasteiger partial charge in [0, 0.05) is 23.6 Å². The van der Waals surface area contributed by atoms with Gasteiger partial charge in [0.2, 0.25) is 5.91 Å². The van der Waals surface area contributed by atoms with E-state index in [1.165, 1.54) is 5.56 Å². The second-order valence-electron chi connectivity index (χ2n) is 9.16. The first-order valence-corrected chi connectivity index (χ1v) is 12.3. The molecule has 2 unspecified atom stereocenters. The van der Waals surface area contributed by atoms with E-state index in [0.717, 1.165) is 28.5 Å². The molecule has 4 rings (SSSR count). The Morgan fingerprint density at radius 3 is 2.28 bits per heavy atom. The number of rotatable bonds is 11. The monoisotopic (exact) mass is 484 g/mol. The number of carboxylic acid groups (broad SMARTS) is 1. The highest BCUT2D eigenvalue weighted by molar-refractivity contribution is 5.89. The van der Waals surface area contributed by atoms with Gasteiger partial charge >= 0.3 is 5.97 Å². The highest BCUT2D eigenvalue weighted by Crippen LogP contribution is 2.30. The van der Waals surface area contributed by atoms with Gasteiger partial charge < -0.3 is 19.7 Å². The molecule has 2 atom stereocenters. The summed E-state index contributed by atoms with van der Waals surface area (Å²) in [5.41, 5.74) is 4.00. The molecular weight excluding hydrogens is 452 g/mol. The van der Waals surface area contributed by atoms with Crippen molar-refractivity contribution in [2.75, 3.05) is 6.54 Å². The Kier molecular flexibility index (Phi) is 8.06. The first kappa shape index (κ1) is 25.0. The van der Waals surface area contributed by atoms with Crippen LogP contribution in [0, 0.1) is 5.92 Å². The fourth-order valence-corrected chi connectivity index (χ4v) is 4.28. The van der Waals surface area contributed by atoms with Crippen LogP contribution >= 0.6 is 0 Å². The maximum atomic E-state index is 13.0. The van der Waals surface area contributed by atoms with Crippen molar-refractivity contribution in [1.82, 2.24) is 9.88 Å². The SMILES string of the molecule is CC(Cc1cn(C(C)C(=O)NCCc2ccccc2)c2ccc(OCc3ccccc3)cc12)C(=O)O. The average molecular weight is 485 g/mol. The molecule has 3 aromatic carbocycles. The summed E-state index contributed by atoms with van der Waals surface area (Å²) in [4.78, 5) is 24.5. The number of fused-ring (bicyclic) bond motifs is 1. The number of ether oxygens (including phenoxy) is 1. The minimum absolute atomic E-state index is 0.0786. The molecule has 0 aliphatic heterocycles. The maximum absolute atomic E-state index is 13.0. The highest BCUT2D eigenvalue weighted by atomic mass is 16.5. The summed E-state index contributed by atoms with van der Waals surface area (Å²) in [5, 5.41) is 13.4. The van der Waals surface area contributed by atoms with Gasteiger partial charge in [-0.2, -0.15) is 0 Å². The number of hydrogen-bond acceptors (Lipinski definition) is 3. The molecule has 0 radical (unpaired) electrons. The molecule has 36 heavy (non-hydrogen) atoms. The standard InChI is InChI=1S/C30H32N2O4/c1-21(30(34)35)17-25-19-32(22(2)29(33)31-16-15-23-9-5-3-6-10-23)28-14-13-26(18-27(25)28)36-20-24-11-7-4-8-12-24/h3-14,18-19,21-22H,15-17,20H2,1-2H3,(H,31,33)(H,34,35). The third-order valence-electron chi connectivity index (χ3n) is 6.44. The lowest BCUT2D eigenvalue weighted by molar-refractivity contribution is -0.141. The molecule has 1 heterocycles. The second-order valence-corrected chi connectivity index (χ2v) is 9.16. The molecule has 0 aliphatic rings. The molecule has 4 aromatic rings. The van der Waals surface area contributed by atoms with Crippen molar-refractivity contribution in [1.29, 1.82) is 0 Å². The van der Waals surface area contributed by atoms with E-state index in [9.17, 15) is 14.7 Å². The van der Waals surface area contributed by atoms with Gasteiger partial charge in [0.15, 0.2) is 0 Å². The fraction of sp³-hybridized carbons (Fsp3) is 0.267. The molecule has 6 heteroatoms. The number of hydrogen-bond donors (Lipinski definition) is 2. The molecule has 0 saturated carbocycles. The van der Waals surface area contributed by atoms with Crippen molar-refractivity contribution >= 4 is 22.8 Å². The van der Waals surface area contributed by atoms with Gasteiger partial charge in [0.1, 0.15) is 18.4 Å². The molecule has 0 aliphatic carbocycles. The van der Waals surface area contributed by atoms with Crippen LogP contribution in [0.2, 0.25) is 0 Å². The van der Waals surface area contributed by atoms with Crippen molar-refractivity contribution < 1.29 is 19.4 Å². The Hall–Kier alpha value is -4.06. The number of carboxylic acids is 1. The molecule has 0 saturated heterocycles. The Labute approximate surface area is 211 Å².